The van der Waals surface area contributed by atoms with Gasteiger partial charge in [0.05, 0.1) is 25.5 Å². The number of benzene rings is 1. The van der Waals surface area contributed by atoms with Crippen LogP contribution in [-0.2, 0) is 4.79 Å². The van der Waals surface area contributed by atoms with Crippen LogP contribution in [0.25, 0.3) is 11.5 Å². The summed E-state index contributed by atoms with van der Waals surface area (Å²) >= 11 is 1.21. The number of aromatic nitrogens is 2. The van der Waals surface area contributed by atoms with Crippen LogP contribution in [0.1, 0.15) is 33.6 Å². The maximum Gasteiger partial charge on any atom is 0.277 e. The number of rotatable bonds is 10. The van der Waals surface area contributed by atoms with Crippen LogP contribution in [0, 0.1) is 5.92 Å². The number of methoxy groups -OCH3 is 2. The van der Waals surface area contributed by atoms with Crippen LogP contribution in [0.2, 0.25) is 0 Å². The van der Waals surface area contributed by atoms with Crippen molar-refractivity contribution in [1.82, 2.24) is 15.5 Å². The average molecular weight is 394 g/mol. The Kier molecular flexibility index (Phi) is 7.97. The molecule has 0 spiro atoms. The summed E-state index contributed by atoms with van der Waals surface area (Å²) in [6.45, 7) is 6.37. The fraction of sp³-hybridized carbons (Fsp3) is 0.526. The fourth-order valence-electron chi connectivity index (χ4n) is 2.45. The fourth-order valence-corrected chi connectivity index (χ4v) is 3.03. The van der Waals surface area contributed by atoms with Gasteiger partial charge in [0.15, 0.2) is 0 Å². The average Bonchev–Trinajstić information content (AvgIpc) is 3.13. The summed E-state index contributed by atoms with van der Waals surface area (Å²) in [7, 11) is 3.15. The van der Waals surface area contributed by atoms with Crippen LogP contribution < -0.4 is 14.8 Å². The maximum absolute atomic E-state index is 12.1. The number of hydrogen-bond donors (Lipinski definition) is 1. The van der Waals surface area contributed by atoms with Gasteiger partial charge in [0.1, 0.15) is 11.5 Å². The van der Waals surface area contributed by atoms with E-state index in [0.717, 1.165) is 12.8 Å². The minimum atomic E-state index is -0.0435. The van der Waals surface area contributed by atoms with E-state index in [0.29, 0.717) is 34.1 Å². The summed E-state index contributed by atoms with van der Waals surface area (Å²) in [5.74, 6) is 2.40. The Bertz CT molecular complexity index is 748. The molecule has 1 amide bonds. The van der Waals surface area contributed by atoms with Crippen LogP contribution in [0.3, 0.4) is 0 Å². The predicted octanol–water partition coefficient (Wildman–Crippen LogP) is 3.79. The summed E-state index contributed by atoms with van der Waals surface area (Å²) in [5.41, 5.74) is 0.671. The first-order valence-corrected chi connectivity index (χ1v) is 9.89. The lowest BCUT2D eigenvalue weighted by atomic mass is 10.0. The third-order valence-corrected chi connectivity index (χ3v) is 4.78. The first kappa shape index (κ1) is 21.1. The van der Waals surface area contributed by atoms with Crippen molar-refractivity contribution in [2.75, 3.05) is 20.0 Å². The number of amides is 1. The molecular formula is C19H27N3O4S. The second-order valence-corrected chi connectivity index (χ2v) is 7.59. The number of nitrogens with zero attached hydrogens (tertiary/aromatic N) is 2. The van der Waals surface area contributed by atoms with Crippen LogP contribution in [0.15, 0.2) is 27.8 Å². The Morgan fingerprint density at radius 3 is 2.63 bits per heavy atom. The normalized spacial score (nSPS) is 12.1. The summed E-state index contributed by atoms with van der Waals surface area (Å²) in [6.07, 6.45) is 2.06. The van der Waals surface area contributed by atoms with Crippen molar-refractivity contribution in [2.24, 2.45) is 5.92 Å². The van der Waals surface area contributed by atoms with Crippen LogP contribution in [-0.4, -0.2) is 42.1 Å². The lowest BCUT2D eigenvalue weighted by Gasteiger charge is -2.14. The Hall–Kier alpha value is -2.22. The Morgan fingerprint density at radius 1 is 1.19 bits per heavy atom. The zero-order valence-electron chi connectivity index (χ0n) is 16.4. The number of carbonyl (C=O) groups excluding carboxylic acids is 1. The summed E-state index contributed by atoms with van der Waals surface area (Å²) < 4.78 is 16.2. The monoisotopic (exact) mass is 393 g/mol. The van der Waals surface area contributed by atoms with E-state index in [4.69, 9.17) is 13.9 Å². The molecule has 7 nitrogen and oxygen atoms in total. The van der Waals surface area contributed by atoms with Crippen molar-refractivity contribution in [1.29, 1.82) is 0 Å². The van der Waals surface area contributed by atoms with Gasteiger partial charge in [-0.3, -0.25) is 4.79 Å². The van der Waals surface area contributed by atoms with Gasteiger partial charge in [-0.15, -0.1) is 10.2 Å². The third-order valence-electron chi connectivity index (χ3n) is 3.96. The van der Waals surface area contributed by atoms with Crippen molar-refractivity contribution >= 4 is 17.7 Å². The summed E-state index contributed by atoms with van der Waals surface area (Å²) in [4.78, 5) is 12.1. The molecule has 2 rings (SSSR count). The second kappa shape index (κ2) is 10.2. The zero-order chi connectivity index (χ0) is 19.8. The van der Waals surface area contributed by atoms with E-state index in [-0.39, 0.29) is 17.7 Å². The van der Waals surface area contributed by atoms with Crippen LogP contribution in [0.4, 0.5) is 0 Å². The summed E-state index contributed by atoms with van der Waals surface area (Å²) in [6, 6.07) is 5.49. The number of ether oxygens (including phenoxy) is 2. The molecule has 8 heteroatoms. The molecule has 27 heavy (non-hydrogen) atoms. The Balaban J connectivity index is 1.92. The quantitative estimate of drug-likeness (QED) is 0.615. The molecule has 0 fully saturated rings. The van der Waals surface area contributed by atoms with Gasteiger partial charge in [-0.25, -0.2) is 0 Å². The maximum atomic E-state index is 12.1. The molecule has 0 radical (unpaired) electrons. The van der Waals surface area contributed by atoms with Gasteiger partial charge >= 0.3 is 0 Å². The molecule has 0 aliphatic carbocycles. The molecule has 1 aromatic heterocycles. The largest absolute Gasteiger partial charge is 0.497 e. The molecule has 2 aromatic rings. The molecule has 0 saturated carbocycles. The lowest BCUT2D eigenvalue weighted by Crippen LogP contribution is -2.34. The highest BCUT2D eigenvalue weighted by Crippen LogP contribution is 2.33. The Labute approximate surface area is 164 Å². The van der Waals surface area contributed by atoms with Gasteiger partial charge in [0.2, 0.25) is 5.91 Å². The van der Waals surface area contributed by atoms with E-state index in [1.807, 2.05) is 6.92 Å². The highest BCUT2D eigenvalue weighted by Gasteiger charge is 2.16. The molecule has 148 valence electrons. The number of thioether (sulfide) groups is 1. The molecule has 0 unspecified atom stereocenters. The highest BCUT2D eigenvalue weighted by molar-refractivity contribution is 7.99. The third kappa shape index (κ3) is 6.46. The van der Waals surface area contributed by atoms with E-state index >= 15 is 0 Å². The number of nitrogens with one attached hydrogen (secondary N) is 1. The van der Waals surface area contributed by atoms with E-state index in [1.165, 1.54) is 11.8 Å². The van der Waals surface area contributed by atoms with Crippen molar-refractivity contribution in [3.05, 3.63) is 18.2 Å². The molecule has 1 aromatic carbocycles. The predicted molar refractivity (Wildman–Crippen MR) is 105 cm³/mol. The van der Waals surface area contributed by atoms with Gasteiger partial charge in [-0.1, -0.05) is 25.6 Å². The minimum absolute atomic E-state index is 0.0435. The van der Waals surface area contributed by atoms with Crippen LogP contribution >= 0.6 is 11.8 Å². The van der Waals surface area contributed by atoms with Gasteiger partial charge in [0.25, 0.3) is 11.1 Å². The smallest absolute Gasteiger partial charge is 0.277 e. The van der Waals surface area contributed by atoms with E-state index < -0.39 is 0 Å². The topological polar surface area (TPSA) is 86.5 Å². The van der Waals surface area contributed by atoms with Crippen LogP contribution in [0.5, 0.6) is 11.5 Å². The van der Waals surface area contributed by atoms with Gasteiger partial charge in [-0.2, -0.15) is 0 Å². The van der Waals surface area contributed by atoms with Gasteiger partial charge < -0.3 is 19.2 Å². The van der Waals surface area contributed by atoms with E-state index in [1.54, 1.807) is 32.4 Å². The molecule has 1 N–H and O–H groups in total. The highest BCUT2D eigenvalue weighted by atomic mass is 32.2. The number of hydrogen-bond acceptors (Lipinski definition) is 7. The molecular weight excluding hydrogens is 366 g/mol. The van der Waals surface area contributed by atoms with Crippen molar-refractivity contribution < 1.29 is 18.7 Å². The molecule has 0 aliphatic rings. The van der Waals surface area contributed by atoms with E-state index in [9.17, 15) is 4.79 Å². The van der Waals surface area contributed by atoms with Crippen molar-refractivity contribution in [3.8, 4) is 23.0 Å². The number of carbonyl (C=O) groups is 1. The molecule has 1 heterocycles. The molecule has 0 aliphatic heterocycles. The zero-order valence-corrected chi connectivity index (χ0v) is 17.3. The first-order chi connectivity index (χ1) is 12.9. The molecule has 1 atom stereocenters. The van der Waals surface area contributed by atoms with Gasteiger partial charge in [0, 0.05) is 12.1 Å². The first-order valence-electron chi connectivity index (χ1n) is 8.91. The second-order valence-electron chi connectivity index (χ2n) is 6.67. The van der Waals surface area contributed by atoms with Crippen molar-refractivity contribution in [3.63, 3.8) is 0 Å². The lowest BCUT2D eigenvalue weighted by molar-refractivity contribution is -0.119. The summed E-state index contributed by atoms with van der Waals surface area (Å²) in [5, 5.41) is 11.4. The Morgan fingerprint density at radius 2 is 1.96 bits per heavy atom. The van der Waals surface area contributed by atoms with Gasteiger partial charge in [-0.05, 0) is 37.8 Å². The molecule has 0 saturated heterocycles. The SMILES string of the molecule is COc1ccc(-c2nnc(SCC(=O)N[C@@H](C)CCC(C)C)o2)c(OC)c1. The standard InChI is InChI=1S/C19H27N3O4S/c1-12(2)6-7-13(3)20-17(23)11-27-19-22-21-18(26-19)15-9-8-14(24-4)10-16(15)25-5/h8-10,12-13H,6-7,11H2,1-5H3,(H,20,23)/t13-/m0/s1. The minimum Gasteiger partial charge on any atom is -0.497 e. The van der Waals surface area contributed by atoms with E-state index in [2.05, 4.69) is 29.4 Å². The molecule has 0 bridgehead atoms. The van der Waals surface area contributed by atoms with Crippen molar-refractivity contribution in [2.45, 2.75) is 44.9 Å².